The largest absolute Gasteiger partial charge is 0.445 e. The molecular weight excluding hydrogens is 394 g/mol. The lowest BCUT2D eigenvalue weighted by Crippen LogP contribution is -2.36. The van der Waals surface area contributed by atoms with E-state index in [9.17, 15) is 4.79 Å². The zero-order valence-corrected chi connectivity index (χ0v) is 17.5. The van der Waals surface area contributed by atoms with E-state index < -0.39 is 0 Å². The molecule has 1 aliphatic carbocycles. The highest BCUT2D eigenvalue weighted by atomic mass is 16.4. The van der Waals surface area contributed by atoms with Crippen molar-refractivity contribution in [2.75, 3.05) is 6.54 Å². The van der Waals surface area contributed by atoms with Crippen molar-refractivity contribution in [1.29, 1.82) is 0 Å². The molecule has 0 bridgehead atoms. The van der Waals surface area contributed by atoms with Crippen molar-refractivity contribution in [1.82, 2.24) is 29.9 Å². The maximum Gasteiger partial charge on any atom is 0.276 e. The SMILES string of the molecule is NC1CCC(n2cc(C(=O)N3CCc4oc(CCc5cccnc5)nc4C3)nn2)CC1. The Balaban J connectivity index is 1.21. The number of hydrogen-bond donors (Lipinski definition) is 1. The Morgan fingerprint density at radius 1 is 1.23 bits per heavy atom. The average molecular weight is 422 g/mol. The van der Waals surface area contributed by atoms with Crippen molar-refractivity contribution in [2.45, 2.75) is 63.6 Å². The third kappa shape index (κ3) is 4.36. The summed E-state index contributed by atoms with van der Waals surface area (Å²) in [6, 6.07) is 4.53. The maximum atomic E-state index is 13.0. The van der Waals surface area contributed by atoms with E-state index in [-0.39, 0.29) is 18.0 Å². The number of nitrogens with two attached hydrogens (primary N) is 1. The van der Waals surface area contributed by atoms with Crippen molar-refractivity contribution in [3.05, 3.63) is 59.3 Å². The topological polar surface area (TPSA) is 116 Å². The molecule has 0 radical (unpaired) electrons. The van der Waals surface area contributed by atoms with Crippen LogP contribution in [0.3, 0.4) is 0 Å². The summed E-state index contributed by atoms with van der Waals surface area (Å²) < 4.78 is 7.78. The second-order valence-corrected chi connectivity index (χ2v) is 8.47. The third-order valence-corrected chi connectivity index (χ3v) is 6.25. The van der Waals surface area contributed by atoms with Gasteiger partial charge in [-0.1, -0.05) is 11.3 Å². The van der Waals surface area contributed by atoms with E-state index in [0.29, 0.717) is 37.5 Å². The van der Waals surface area contributed by atoms with E-state index in [1.807, 2.05) is 23.0 Å². The monoisotopic (exact) mass is 421 g/mol. The molecule has 9 nitrogen and oxygen atoms in total. The summed E-state index contributed by atoms with van der Waals surface area (Å²) in [7, 11) is 0. The second kappa shape index (κ2) is 8.58. The first-order valence-corrected chi connectivity index (χ1v) is 11.0. The molecule has 5 rings (SSSR count). The fourth-order valence-electron chi connectivity index (χ4n) is 4.41. The van der Waals surface area contributed by atoms with Crippen molar-refractivity contribution >= 4 is 5.91 Å². The van der Waals surface area contributed by atoms with E-state index in [1.165, 1.54) is 0 Å². The first-order chi connectivity index (χ1) is 15.2. The molecule has 9 heteroatoms. The molecule has 4 heterocycles. The Morgan fingerprint density at radius 2 is 2.10 bits per heavy atom. The number of hydrogen-bond acceptors (Lipinski definition) is 7. The number of aromatic nitrogens is 5. The van der Waals surface area contributed by atoms with E-state index in [2.05, 4.69) is 20.3 Å². The van der Waals surface area contributed by atoms with Crippen molar-refractivity contribution in [2.24, 2.45) is 5.73 Å². The Hall–Kier alpha value is -3.07. The van der Waals surface area contributed by atoms with Gasteiger partial charge in [-0.05, 0) is 43.7 Å². The van der Waals surface area contributed by atoms with Gasteiger partial charge in [0.05, 0.1) is 18.8 Å². The Morgan fingerprint density at radius 3 is 2.90 bits per heavy atom. The van der Waals surface area contributed by atoms with Gasteiger partial charge < -0.3 is 15.1 Å². The quantitative estimate of drug-likeness (QED) is 0.670. The number of fused-ring (bicyclic) bond motifs is 1. The molecule has 2 aliphatic rings. The third-order valence-electron chi connectivity index (χ3n) is 6.25. The van der Waals surface area contributed by atoms with E-state index in [4.69, 9.17) is 10.2 Å². The lowest BCUT2D eigenvalue weighted by molar-refractivity contribution is 0.0721. The molecule has 1 fully saturated rings. The zero-order valence-electron chi connectivity index (χ0n) is 17.5. The number of nitrogens with zero attached hydrogens (tertiary/aromatic N) is 6. The molecule has 0 atom stereocenters. The van der Waals surface area contributed by atoms with E-state index in [1.54, 1.807) is 17.3 Å². The van der Waals surface area contributed by atoms with Gasteiger partial charge in [0.1, 0.15) is 11.5 Å². The van der Waals surface area contributed by atoms with Gasteiger partial charge >= 0.3 is 0 Å². The minimum absolute atomic E-state index is 0.107. The van der Waals surface area contributed by atoms with Crippen LogP contribution in [0.2, 0.25) is 0 Å². The number of pyridine rings is 1. The average Bonchev–Trinajstić information content (AvgIpc) is 3.45. The molecule has 1 saturated carbocycles. The zero-order chi connectivity index (χ0) is 21.2. The van der Waals surface area contributed by atoms with Gasteiger partial charge in [-0.25, -0.2) is 9.67 Å². The summed E-state index contributed by atoms with van der Waals surface area (Å²) in [6.07, 6.45) is 11.5. The summed E-state index contributed by atoms with van der Waals surface area (Å²) in [6.45, 7) is 1.03. The van der Waals surface area contributed by atoms with Crippen LogP contribution in [0.25, 0.3) is 0 Å². The van der Waals surface area contributed by atoms with Crippen LogP contribution in [0.4, 0.5) is 0 Å². The Labute approximate surface area is 180 Å². The fourth-order valence-corrected chi connectivity index (χ4v) is 4.41. The van der Waals surface area contributed by atoms with Gasteiger partial charge in [0, 0.05) is 37.8 Å². The minimum Gasteiger partial charge on any atom is -0.445 e. The first-order valence-electron chi connectivity index (χ1n) is 11.0. The van der Waals surface area contributed by atoms with Gasteiger partial charge in [-0.2, -0.15) is 0 Å². The number of rotatable bonds is 5. The summed E-state index contributed by atoms with van der Waals surface area (Å²) in [5, 5.41) is 8.37. The molecule has 162 valence electrons. The molecule has 0 unspecified atom stereocenters. The van der Waals surface area contributed by atoms with Gasteiger partial charge in [0.25, 0.3) is 5.91 Å². The number of amides is 1. The standard InChI is InChI=1S/C22H27N7O2/c23-16-4-6-17(7-5-16)29-14-19(26-27-29)22(30)28-11-9-20-18(13-28)25-21(31-20)8-3-15-2-1-10-24-12-15/h1-2,10,12,14,16-17H,3-9,11,13,23H2. The van der Waals surface area contributed by atoms with Gasteiger partial charge in [-0.3, -0.25) is 9.78 Å². The predicted molar refractivity (Wildman–Crippen MR) is 112 cm³/mol. The van der Waals surface area contributed by atoms with Crippen LogP contribution in [0.5, 0.6) is 0 Å². The van der Waals surface area contributed by atoms with E-state index >= 15 is 0 Å². The number of carbonyl (C=O) groups excluding carboxylic acids is 1. The lowest BCUT2D eigenvalue weighted by Gasteiger charge is -2.26. The highest BCUT2D eigenvalue weighted by molar-refractivity contribution is 5.92. The van der Waals surface area contributed by atoms with Crippen LogP contribution in [0.1, 0.15) is 65.1 Å². The highest BCUT2D eigenvalue weighted by Crippen LogP contribution is 2.27. The number of carbonyl (C=O) groups is 1. The number of aryl methyl sites for hydroxylation is 2. The lowest BCUT2D eigenvalue weighted by atomic mass is 9.92. The van der Waals surface area contributed by atoms with Gasteiger partial charge in [-0.15, -0.1) is 5.10 Å². The summed E-state index contributed by atoms with van der Waals surface area (Å²) in [5.41, 5.74) is 8.37. The molecule has 1 amide bonds. The van der Waals surface area contributed by atoms with E-state index in [0.717, 1.165) is 49.1 Å². The highest BCUT2D eigenvalue weighted by Gasteiger charge is 2.28. The summed E-state index contributed by atoms with van der Waals surface area (Å²) in [4.78, 5) is 23.6. The van der Waals surface area contributed by atoms with Crippen LogP contribution in [0, 0.1) is 0 Å². The summed E-state index contributed by atoms with van der Waals surface area (Å²) >= 11 is 0. The number of oxazole rings is 1. The van der Waals surface area contributed by atoms with Gasteiger partial charge in [0.2, 0.25) is 0 Å². The molecule has 0 aromatic carbocycles. The predicted octanol–water partition coefficient (Wildman–Crippen LogP) is 2.09. The molecule has 1 aliphatic heterocycles. The normalized spacial score (nSPS) is 21.1. The van der Waals surface area contributed by atoms with Gasteiger partial charge in [0.15, 0.2) is 11.6 Å². The van der Waals surface area contributed by atoms with Crippen LogP contribution in [-0.4, -0.2) is 48.4 Å². The molecule has 31 heavy (non-hydrogen) atoms. The molecule has 2 N–H and O–H groups in total. The van der Waals surface area contributed by atoms with Crippen molar-refractivity contribution < 1.29 is 9.21 Å². The van der Waals surface area contributed by atoms with Crippen LogP contribution in [0.15, 0.2) is 35.1 Å². The van der Waals surface area contributed by atoms with Crippen molar-refractivity contribution in [3.8, 4) is 0 Å². The fraction of sp³-hybridized carbons (Fsp3) is 0.500. The minimum atomic E-state index is -0.107. The molecule has 3 aromatic rings. The molecule has 0 saturated heterocycles. The first kappa shape index (κ1) is 19.9. The molecule has 0 spiro atoms. The van der Waals surface area contributed by atoms with Crippen LogP contribution in [-0.2, 0) is 25.8 Å². The smallest absolute Gasteiger partial charge is 0.276 e. The molecular formula is C22H27N7O2. The van der Waals surface area contributed by atoms with Crippen LogP contribution >= 0.6 is 0 Å². The second-order valence-electron chi connectivity index (χ2n) is 8.47. The van der Waals surface area contributed by atoms with Crippen LogP contribution < -0.4 is 5.73 Å². The summed E-state index contributed by atoms with van der Waals surface area (Å²) in [5.74, 6) is 1.49. The van der Waals surface area contributed by atoms with Crippen molar-refractivity contribution in [3.63, 3.8) is 0 Å². The maximum absolute atomic E-state index is 13.0. The molecule has 3 aromatic heterocycles. The Kier molecular flexibility index (Phi) is 5.50. The Bertz CT molecular complexity index is 1040.